The molecule has 100 valence electrons. The molecule has 1 aliphatic rings. The Morgan fingerprint density at radius 3 is 2.39 bits per heavy atom. The first kappa shape index (κ1) is 13.6. The second-order valence-corrected chi connectivity index (χ2v) is 4.82. The van der Waals surface area contributed by atoms with Crippen LogP contribution >= 0.6 is 11.6 Å². The number of rotatable bonds is 4. The summed E-state index contributed by atoms with van der Waals surface area (Å²) in [5, 5.41) is 10.0. The van der Waals surface area contributed by atoms with Crippen molar-refractivity contribution < 1.29 is 14.6 Å². The number of methoxy groups -OCH3 is 2. The normalized spacial score (nSPS) is 23.7. The Bertz CT molecular complexity index is 401. The summed E-state index contributed by atoms with van der Waals surface area (Å²) in [5.41, 5.74) is 1.82. The number of aliphatic hydroxyl groups excluding tert-OH is 1. The first-order chi connectivity index (χ1) is 8.69. The van der Waals surface area contributed by atoms with E-state index in [1.807, 2.05) is 12.1 Å². The molecule has 2 atom stereocenters. The summed E-state index contributed by atoms with van der Waals surface area (Å²) in [6.07, 6.45) is 0.0843. The third-order valence-corrected chi connectivity index (χ3v) is 3.61. The predicted molar refractivity (Wildman–Crippen MR) is 71.2 cm³/mol. The summed E-state index contributed by atoms with van der Waals surface area (Å²) >= 11 is 6.02. The maximum Gasteiger partial charge on any atom is 0.102 e. The SMILES string of the molecule is COC1CN(c2cc(Cl)ccc2CO)CC1OC. The van der Waals surface area contributed by atoms with E-state index in [4.69, 9.17) is 21.1 Å². The lowest BCUT2D eigenvalue weighted by atomic mass is 10.1. The molecule has 0 aliphatic carbocycles. The molecular formula is C13H18ClNO3. The van der Waals surface area contributed by atoms with Crippen LogP contribution in [0.25, 0.3) is 0 Å². The van der Waals surface area contributed by atoms with Crippen LogP contribution in [0.15, 0.2) is 18.2 Å². The number of hydrogen-bond donors (Lipinski definition) is 1. The van der Waals surface area contributed by atoms with Crippen LogP contribution in [0.5, 0.6) is 0 Å². The Morgan fingerprint density at radius 2 is 1.89 bits per heavy atom. The number of benzene rings is 1. The third-order valence-electron chi connectivity index (χ3n) is 3.38. The van der Waals surface area contributed by atoms with Gasteiger partial charge in [-0.05, 0) is 12.1 Å². The summed E-state index contributed by atoms with van der Waals surface area (Å²) in [6.45, 7) is 1.48. The minimum absolute atomic E-state index is 0.00169. The van der Waals surface area contributed by atoms with Crippen molar-refractivity contribution in [3.05, 3.63) is 28.8 Å². The average molecular weight is 272 g/mol. The molecule has 2 rings (SSSR count). The molecule has 2 unspecified atom stereocenters. The minimum atomic E-state index is -0.00169. The quantitative estimate of drug-likeness (QED) is 0.905. The Kier molecular flexibility index (Phi) is 4.45. The van der Waals surface area contributed by atoms with Gasteiger partial charge >= 0.3 is 0 Å². The van der Waals surface area contributed by atoms with E-state index in [1.165, 1.54) is 0 Å². The van der Waals surface area contributed by atoms with E-state index in [0.717, 1.165) is 24.3 Å². The summed E-state index contributed by atoms with van der Waals surface area (Å²) in [7, 11) is 3.37. The van der Waals surface area contributed by atoms with E-state index >= 15 is 0 Å². The fourth-order valence-electron chi connectivity index (χ4n) is 2.36. The molecular weight excluding hydrogens is 254 g/mol. The van der Waals surface area contributed by atoms with Gasteiger partial charge in [0, 0.05) is 43.6 Å². The number of halogens is 1. The number of aliphatic hydroxyl groups is 1. The highest BCUT2D eigenvalue weighted by Gasteiger charge is 2.33. The molecule has 1 aromatic rings. The zero-order valence-electron chi connectivity index (χ0n) is 10.6. The molecule has 0 radical (unpaired) electrons. The van der Waals surface area contributed by atoms with Gasteiger partial charge in [-0.3, -0.25) is 0 Å². The summed E-state index contributed by atoms with van der Waals surface area (Å²) in [5.74, 6) is 0. The Morgan fingerprint density at radius 1 is 1.28 bits per heavy atom. The molecule has 1 saturated heterocycles. The van der Waals surface area contributed by atoms with Crippen LogP contribution in [0.3, 0.4) is 0 Å². The third kappa shape index (κ3) is 2.62. The second-order valence-electron chi connectivity index (χ2n) is 4.38. The molecule has 1 fully saturated rings. The molecule has 4 nitrogen and oxygen atoms in total. The van der Waals surface area contributed by atoms with Gasteiger partial charge in [-0.25, -0.2) is 0 Å². The highest BCUT2D eigenvalue weighted by molar-refractivity contribution is 6.30. The van der Waals surface area contributed by atoms with Gasteiger partial charge in [0.2, 0.25) is 0 Å². The van der Waals surface area contributed by atoms with Gasteiger partial charge in [-0.15, -0.1) is 0 Å². The number of ether oxygens (including phenoxy) is 2. The molecule has 18 heavy (non-hydrogen) atoms. The van der Waals surface area contributed by atoms with Crippen LogP contribution in [0.1, 0.15) is 5.56 Å². The smallest absolute Gasteiger partial charge is 0.102 e. The van der Waals surface area contributed by atoms with Gasteiger partial charge in [0.25, 0.3) is 0 Å². The molecule has 0 spiro atoms. The highest BCUT2D eigenvalue weighted by Crippen LogP contribution is 2.29. The molecule has 1 N–H and O–H groups in total. The average Bonchev–Trinajstić information content (AvgIpc) is 2.81. The van der Waals surface area contributed by atoms with Crippen molar-refractivity contribution >= 4 is 17.3 Å². The minimum Gasteiger partial charge on any atom is -0.392 e. The zero-order chi connectivity index (χ0) is 13.1. The van der Waals surface area contributed by atoms with Crippen molar-refractivity contribution in [1.82, 2.24) is 0 Å². The van der Waals surface area contributed by atoms with Gasteiger partial charge in [0.15, 0.2) is 0 Å². The van der Waals surface area contributed by atoms with Crippen LogP contribution in [0.4, 0.5) is 5.69 Å². The molecule has 1 heterocycles. The Labute approximate surface area is 112 Å². The van der Waals surface area contributed by atoms with E-state index in [1.54, 1.807) is 20.3 Å². The number of anilines is 1. The molecule has 5 heteroatoms. The van der Waals surface area contributed by atoms with Crippen molar-refractivity contribution in [3.8, 4) is 0 Å². The first-order valence-corrected chi connectivity index (χ1v) is 6.27. The Balaban J connectivity index is 2.24. The van der Waals surface area contributed by atoms with Crippen molar-refractivity contribution in [3.63, 3.8) is 0 Å². The standard InChI is InChI=1S/C13H18ClNO3/c1-17-12-6-15(7-13(12)18-2)11-5-10(14)4-3-9(11)8-16/h3-5,12-13,16H,6-8H2,1-2H3. The van der Waals surface area contributed by atoms with Crippen LogP contribution in [0.2, 0.25) is 5.02 Å². The Hall–Kier alpha value is -0.810. The van der Waals surface area contributed by atoms with E-state index in [-0.39, 0.29) is 18.8 Å². The molecule has 0 bridgehead atoms. The second kappa shape index (κ2) is 5.89. The highest BCUT2D eigenvalue weighted by atomic mass is 35.5. The van der Waals surface area contributed by atoms with Crippen molar-refractivity contribution in [2.45, 2.75) is 18.8 Å². The lowest BCUT2D eigenvalue weighted by molar-refractivity contribution is -0.00461. The fraction of sp³-hybridized carbons (Fsp3) is 0.538. The van der Waals surface area contributed by atoms with Gasteiger partial charge in [0.05, 0.1) is 6.61 Å². The van der Waals surface area contributed by atoms with Crippen LogP contribution in [0, 0.1) is 0 Å². The topological polar surface area (TPSA) is 41.9 Å². The summed E-state index contributed by atoms with van der Waals surface area (Å²) < 4.78 is 10.8. The van der Waals surface area contributed by atoms with Crippen molar-refractivity contribution in [2.75, 3.05) is 32.2 Å². The van der Waals surface area contributed by atoms with E-state index in [2.05, 4.69) is 4.90 Å². The first-order valence-electron chi connectivity index (χ1n) is 5.89. The van der Waals surface area contributed by atoms with Crippen LogP contribution < -0.4 is 4.90 Å². The van der Waals surface area contributed by atoms with E-state index in [0.29, 0.717) is 5.02 Å². The molecule has 1 aromatic carbocycles. The fourth-order valence-corrected chi connectivity index (χ4v) is 2.52. The summed E-state index contributed by atoms with van der Waals surface area (Å²) in [4.78, 5) is 2.14. The van der Waals surface area contributed by atoms with Gasteiger partial charge < -0.3 is 19.5 Å². The van der Waals surface area contributed by atoms with E-state index < -0.39 is 0 Å². The molecule has 0 aromatic heterocycles. The maximum atomic E-state index is 9.38. The number of nitrogens with zero attached hydrogens (tertiary/aromatic N) is 1. The lowest BCUT2D eigenvalue weighted by Crippen LogP contribution is -2.27. The molecule has 1 aliphatic heterocycles. The molecule has 0 saturated carbocycles. The van der Waals surface area contributed by atoms with Crippen LogP contribution in [-0.2, 0) is 16.1 Å². The van der Waals surface area contributed by atoms with Gasteiger partial charge in [-0.1, -0.05) is 17.7 Å². The predicted octanol–water partition coefficient (Wildman–Crippen LogP) is 1.68. The van der Waals surface area contributed by atoms with Gasteiger partial charge in [-0.2, -0.15) is 0 Å². The van der Waals surface area contributed by atoms with Crippen molar-refractivity contribution in [2.24, 2.45) is 0 Å². The van der Waals surface area contributed by atoms with Gasteiger partial charge in [0.1, 0.15) is 12.2 Å². The van der Waals surface area contributed by atoms with Crippen LogP contribution in [-0.4, -0.2) is 44.6 Å². The number of hydrogen-bond acceptors (Lipinski definition) is 4. The largest absolute Gasteiger partial charge is 0.392 e. The van der Waals surface area contributed by atoms with Crippen molar-refractivity contribution in [1.29, 1.82) is 0 Å². The lowest BCUT2D eigenvalue weighted by Gasteiger charge is -2.21. The van der Waals surface area contributed by atoms with E-state index in [9.17, 15) is 5.11 Å². The monoisotopic (exact) mass is 271 g/mol. The molecule has 0 amide bonds. The maximum absolute atomic E-state index is 9.38. The zero-order valence-corrected chi connectivity index (χ0v) is 11.4. The summed E-state index contributed by atoms with van der Waals surface area (Å²) in [6, 6.07) is 5.51.